The van der Waals surface area contributed by atoms with E-state index in [2.05, 4.69) is 0 Å². The van der Waals surface area contributed by atoms with Gasteiger partial charge in [-0.15, -0.1) is 0 Å². The maximum Gasteiger partial charge on any atom is 0.207 e. The van der Waals surface area contributed by atoms with Crippen LogP contribution in [0.3, 0.4) is 0 Å². The molecule has 0 saturated heterocycles. The number of para-hydroxylation sites is 1. The summed E-state index contributed by atoms with van der Waals surface area (Å²) in [7, 11) is -3.42. The molecule has 0 aliphatic carbocycles. The van der Waals surface area contributed by atoms with Gasteiger partial charge in [0.1, 0.15) is 12.4 Å². The highest BCUT2D eigenvalue weighted by molar-refractivity contribution is 7.96. The highest BCUT2D eigenvalue weighted by Gasteiger charge is 2.31. The molecule has 0 atom stereocenters. The monoisotopic (exact) mass is 300 g/mol. The smallest absolute Gasteiger partial charge is 0.207 e. The maximum atomic E-state index is 12.6. The van der Waals surface area contributed by atoms with E-state index in [-0.39, 0.29) is 6.61 Å². The summed E-state index contributed by atoms with van der Waals surface area (Å²) in [5.74, 6) is 0.710. The first kappa shape index (κ1) is 13.9. The van der Waals surface area contributed by atoms with Gasteiger partial charge in [-0.05, 0) is 42.7 Å². The molecule has 0 amide bonds. The fourth-order valence-corrected chi connectivity index (χ4v) is 4.21. The average Bonchev–Trinajstić information content (AvgIpc) is 2.70. The van der Waals surface area contributed by atoms with Gasteiger partial charge in [0.15, 0.2) is 0 Å². The molecule has 0 bridgehead atoms. The number of fused-ring (bicyclic) bond motifs is 1. The summed E-state index contributed by atoms with van der Waals surface area (Å²) in [5.41, 5.74) is 2.51. The van der Waals surface area contributed by atoms with E-state index in [1.165, 1.54) is 0 Å². The molecule has 2 aromatic rings. The van der Waals surface area contributed by atoms with E-state index in [9.17, 15) is 8.42 Å². The van der Waals surface area contributed by atoms with Crippen molar-refractivity contribution in [2.75, 3.05) is 6.61 Å². The van der Waals surface area contributed by atoms with E-state index < -0.39 is 9.84 Å². The van der Waals surface area contributed by atoms with Crippen molar-refractivity contribution < 1.29 is 13.2 Å². The third-order valence-electron chi connectivity index (χ3n) is 3.64. The lowest BCUT2D eigenvalue weighted by Crippen LogP contribution is -2.10. The Hall–Kier alpha value is -2.07. The Kier molecular flexibility index (Phi) is 3.33. The van der Waals surface area contributed by atoms with Crippen LogP contribution >= 0.6 is 0 Å². The Balaban J connectivity index is 1.89. The van der Waals surface area contributed by atoms with E-state index in [4.69, 9.17) is 4.74 Å². The van der Waals surface area contributed by atoms with Crippen molar-refractivity contribution >= 4 is 15.9 Å². The first-order chi connectivity index (χ1) is 10.00. The Morgan fingerprint density at radius 3 is 2.38 bits per heavy atom. The Bertz CT molecular complexity index is 833. The number of ether oxygens (including phenoxy) is 1. The number of rotatable bonds is 3. The predicted molar refractivity (Wildman–Crippen MR) is 83.0 cm³/mol. The molecule has 0 N–H and O–H groups in total. The summed E-state index contributed by atoms with van der Waals surface area (Å²) < 4.78 is 30.8. The molecule has 0 saturated carbocycles. The Labute approximate surface area is 124 Å². The van der Waals surface area contributed by atoms with Crippen molar-refractivity contribution in [1.82, 2.24) is 0 Å². The summed E-state index contributed by atoms with van der Waals surface area (Å²) in [6, 6.07) is 13.1. The summed E-state index contributed by atoms with van der Waals surface area (Å²) in [4.78, 5) is 0.725. The molecule has 1 aliphatic heterocycles. The third-order valence-corrected chi connectivity index (χ3v) is 5.66. The van der Waals surface area contributed by atoms with Crippen LogP contribution in [0.4, 0.5) is 0 Å². The van der Waals surface area contributed by atoms with Gasteiger partial charge in [0.2, 0.25) is 9.84 Å². The molecule has 108 valence electrons. The lowest BCUT2D eigenvalue weighted by molar-refractivity contribution is 0.356. The quantitative estimate of drug-likeness (QED) is 0.871. The molecule has 0 fully saturated rings. The molecule has 3 rings (SSSR count). The first-order valence-corrected chi connectivity index (χ1v) is 8.22. The highest BCUT2D eigenvalue weighted by atomic mass is 32.2. The van der Waals surface area contributed by atoms with Gasteiger partial charge < -0.3 is 4.74 Å². The van der Waals surface area contributed by atoms with Gasteiger partial charge in [-0.1, -0.05) is 36.4 Å². The van der Waals surface area contributed by atoms with Crippen molar-refractivity contribution in [3.63, 3.8) is 0 Å². The van der Waals surface area contributed by atoms with Crippen LogP contribution in [0.1, 0.15) is 16.7 Å². The van der Waals surface area contributed by atoms with Crippen molar-refractivity contribution in [1.29, 1.82) is 0 Å². The average molecular weight is 300 g/mol. The van der Waals surface area contributed by atoms with Gasteiger partial charge in [0.05, 0.1) is 9.80 Å². The highest BCUT2D eigenvalue weighted by Crippen LogP contribution is 2.35. The molecule has 0 unspecified atom stereocenters. The third kappa shape index (κ3) is 2.36. The Morgan fingerprint density at radius 1 is 0.952 bits per heavy atom. The minimum absolute atomic E-state index is 0.0569. The summed E-state index contributed by atoms with van der Waals surface area (Å²) in [6.07, 6.45) is 1.70. The van der Waals surface area contributed by atoms with Crippen LogP contribution in [0.5, 0.6) is 5.75 Å². The lowest BCUT2D eigenvalue weighted by Gasteiger charge is -2.10. The summed E-state index contributed by atoms with van der Waals surface area (Å²) in [5, 5.41) is 0. The van der Waals surface area contributed by atoms with Crippen LogP contribution in [0.2, 0.25) is 0 Å². The topological polar surface area (TPSA) is 43.4 Å². The van der Waals surface area contributed by atoms with Crippen molar-refractivity contribution in [2.45, 2.75) is 18.7 Å². The molecular formula is C17H16O3S. The van der Waals surface area contributed by atoms with E-state index in [1.807, 2.05) is 56.3 Å². The largest absolute Gasteiger partial charge is 0.488 e. The second kappa shape index (κ2) is 5.04. The standard InChI is InChI=1S/C17H16O3S/c1-12-6-3-4-9-16(12)20-11-15-10-14-8-5-7-13(2)17(14)21(15,18)19/h3-10H,11H2,1-2H3. The SMILES string of the molecule is Cc1ccccc1OCC1=Cc2cccc(C)c2S1(=O)=O. The van der Waals surface area contributed by atoms with E-state index in [0.717, 1.165) is 16.7 Å². The summed E-state index contributed by atoms with van der Waals surface area (Å²) >= 11 is 0. The molecule has 0 radical (unpaired) electrons. The molecule has 3 nitrogen and oxygen atoms in total. The van der Waals surface area contributed by atoms with E-state index >= 15 is 0 Å². The molecule has 1 aliphatic rings. The van der Waals surface area contributed by atoms with Gasteiger partial charge in [0.25, 0.3) is 0 Å². The molecular weight excluding hydrogens is 284 g/mol. The van der Waals surface area contributed by atoms with Crippen molar-refractivity contribution in [2.24, 2.45) is 0 Å². The van der Waals surface area contributed by atoms with Crippen LogP contribution in [-0.4, -0.2) is 15.0 Å². The predicted octanol–water partition coefficient (Wildman–Crippen LogP) is 3.51. The number of sulfone groups is 1. The fourth-order valence-electron chi connectivity index (χ4n) is 2.52. The second-order valence-electron chi connectivity index (χ2n) is 5.16. The lowest BCUT2D eigenvalue weighted by atomic mass is 10.1. The number of hydrogen-bond acceptors (Lipinski definition) is 3. The number of benzene rings is 2. The zero-order chi connectivity index (χ0) is 15.0. The Morgan fingerprint density at radius 2 is 1.67 bits per heavy atom. The number of hydrogen-bond donors (Lipinski definition) is 0. The van der Waals surface area contributed by atoms with Gasteiger partial charge in [-0.25, -0.2) is 8.42 Å². The maximum absolute atomic E-state index is 12.6. The van der Waals surface area contributed by atoms with Crippen LogP contribution in [0.15, 0.2) is 52.3 Å². The van der Waals surface area contributed by atoms with E-state index in [1.54, 1.807) is 6.08 Å². The normalized spacial score (nSPS) is 15.4. The molecule has 1 heterocycles. The van der Waals surface area contributed by atoms with Gasteiger partial charge in [0, 0.05) is 0 Å². The second-order valence-corrected chi connectivity index (χ2v) is 7.10. The number of aryl methyl sites for hydroxylation is 2. The van der Waals surface area contributed by atoms with Gasteiger partial charge in [-0.3, -0.25) is 0 Å². The van der Waals surface area contributed by atoms with Gasteiger partial charge in [-0.2, -0.15) is 0 Å². The fraction of sp³-hybridized carbons (Fsp3) is 0.176. The van der Waals surface area contributed by atoms with Crippen LogP contribution < -0.4 is 4.74 Å². The molecule has 0 aromatic heterocycles. The first-order valence-electron chi connectivity index (χ1n) is 6.74. The van der Waals surface area contributed by atoms with Crippen LogP contribution in [-0.2, 0) is 9.84 Å². The van der Waals surface area contributed by atoms with Crippen LogP contribution in [0, 0.1) is 13.8 Å². The molecule has 0 spiro atoms. The van der Waals surface area contributed by atoms with Crippen molar-refractivity contribution in [3.05, 3.63) is 64.1 Å². The van der Waals surface area contributed by atoms with Gasteiger partial charge >= 0.3 is 0 Å². The molecule has 21 heavy (non-hydrogen) atoms. The zero-order valence-electron chi connectivity index (χ0n) is 12.0. The van der Waals surface area contributed by atoms with E-state index in [0.29, 0.717) is 15.6 Å². The minimum Gasteiger partial charge on any atom is -0.488 e. The van der Waals surface area contributed by atoms with Crippen LogP contribution in [0.25, 0.3) is 6.08 Å². The molecule has 4 heteroatoms. The van der Waals surface area contributed by atoms with Crippen molar-refractivity contribution in [3.8, 4) is 5.75 Å². The molecule has 2 aromatic carbocycles. The summed E-state index contributed by atoms with van der Waals surface area (Å²) in [6.45, 7) is 3.81. The minimum atomic E-state index is -3.42. The zero-order valence-corrected chi connectivity index (χ0v) is 12.8.